The van der Waals surface area contributed by atoms with Crippen molar-refractivity contribution in [1.29, 1.82) is 0 Å². The van der Waals surface area contributed by atoms with Crippen LogP contribution in [0.5, 0.6) is 0 Å². The molecule has 0 radical (unpaired) electrons. The van der Waals surface area contributed by atoms with Gasteiger partial charge in [-0.15, -0.1) is 6.58 Å². The molecule has 0 amide bonds. The van der Waals surface area contributed by atoms with E-state index in [1.54, 1.807) is 0 Å². The van der Waals surface area contributed by atoms with Gasteiger partial charge in [0.2, 0.25) is 0 Å². The van der Waals surface area contributed by atoms with Gasteiger partial charge in [-0.2, -0.15) is 0 Å². The Morgan fingerprint density at radius 3 is 0.939 bits per heavy atom. The monoisotopic (exact) mass is 482 g/mol. The highest BCUT2D eigenvalue weighted by Crippen LogP contribution is 2.15. The number of unbranched alkanes of at least 4 members (excludes halogenated alkanes) is 21. The van der Waals surface area contributed by atoms with Crippen LogP contribution in [0.1, 0.15) is 162 Å². The minimum Gasteiger partial charge on any atom is -0.391 e. The Hall–Kier alpha value is -0.123. The summed E-state index contributed by atoms with van der Waals surface area (Å²) in [5, 5.41) is 0. The number of rotatable bonds is 28. The molecule has 1 unspecified atom stereocenters. The molecule has 0 spiro atoms. The maximum atomic E-state index is 6.16. The first-order valence-electron chi connectivity index (χ1n) is 15.1. The average Bonchev–Trinajstić information content (AvgIpc) is 2.82. The van der Waals surface area contributed by atoms with Crippen LogP contribution in [0.15, 0.2) is 12.3 Å². The minimum atomic E-state index is -2.15. The second-order valence-corrected chi connectivity index (χ2v) is 13.4. The molecule has 33 heavy (non-hydrogen) atoms. The highest BCUT2D eigenvalue weighted by atomic mass is 28.4. The fourth-order valence-electron chi connectivity index (χ4n) is 4.42. The summed E-state index contributed by atoms with van der Waals surface area (Å²) in [6.07, 6.45) is 31.7. The van der Waals surface area contributed by atoms with Gasteiger partial charge in [-0.25, -0.2) is 0 Å². The highest BCUT2D eigenvalue weighted by molar-refractivity contribution is 6.71. The van der Waals surface area contributed by atoms with Crippen molar-refractivity contribution in [3.8, 4) is 0 Å². The van der Waals surface area contributed by atoms with Crippen molar-refractivity contribution in [2.45, 2.75) is 168 Å². The van der Waals surface area contributed by atoms with Crippen molar-refractivity contribution in [2.75, 3.05) is 13.2 Å². The molecule has 0 aromatic rings. The molecule has 3 heteroatoms. The van der Waals surface area contributed by atoms with Crippen LogP contribution in [-0.2, 0) is 8.85 Å². The van der Waals surface area contributed by atoms with Crippen molar-refractivity contribution in [3.63, 3.8) is 0 Å². The van der Waals surface area contributed by atoms with Crippen LogP contribution in [0.25, 0.3) is 0 Å². The third-order valence-corrected chi connectivity index (χ3v) is 9.19. The van der Waals surface area contributed by atoms with Crippen LogP contribution in [-0.4, -0.2) is 21.8 Å². The molecule has 0 rings (SSSR count). The van der Waals surface area contributed by atoms with E-state index >= 15 is 0 Å². The van der Waals surface area contributed by atoms with Crippen molar-refractivity contribution in [2.24, 2.45) is 0 Å². The Morgan fingerprint density at radius 2 is 0.697 bits per heavy atom. The molecule has 0 aliphatic heterocycles. The maximum Gasteiger partial charge on any atom is 0.361 e. The molecule has 0 aromatic carbocycles. The molecule has 0 saturated carbocycles. The maximum absolute atomic E-state index is 6.16. The Bertz CT molecular complexity index is 387. The van der Waals surface area contributed by atoms with Gasteiger partial charge in [0, 0.05) is 13.2 Å². The SMILES string of the molecule is C=C[Si](C)(OCCCCCCCCC)OCCCCCCCCCCCCCCCCCC. The van der Waals surface area contributed by atoms with Crippen LogP contribution in [0.3, 0.4) is 0 Å². The van der Waals surface area contributed by atoms with E-state index in [0.717, 1.165) is 26.1 Å². The largest absolute Gasteiger partial charge is 0.391 e. The van der Waals surface area contributed by atoms with Crippen molar-refractivity contribution < 1.29 is 8.85 Å². The van der Waals surface area contributed by atoms with E-state index in [-0.39, 0.29) is 0 Å². The number of hydrogen-bond acceptors (Lipinski definition) is 2. The average molecular weight is 483 g/mol. The van der Waals surface area contributed by atoms with Crippen LogP contribution in [0.4, 0.5) is 0 Å². The van der Waals surface area contributed by atoms with Crippen molar-refractivity contribution in [1.82, 2.24) is 0 Å². The van der Waals surface area contributed by atoms with E-state index in [1.807, 2.05) is 5.70 Å². The lowest BCUT2D eigenvalue weighted by Crippen LogP contribution is -2.37. The lowest BCUT2D eigenvalue weighted by atomic mass is 10.0. The van der Waals surface area contributed by atoms with Gasteiger partial charge in [0.05, 0.1) is 0 Å². The molecular formula is C30H62O2Si. The summed E-state index contributed by atoms with van der Waals surface area (Å²) in [4.78, 5) is 0. The molecule has 2 nitrogen and oxygen atoms in total. The smallest absolute Gasteiger partial charge is 0.361 e. The van der Waals surface area contributed by atoms with E-state index in [9.17, 15) is 0 Å². The fraction of sp³-hybridized carbons (Fsp3) is 0.933. The molecule has 0 aliphatic carbocycles. The summed E-state index contributed by atoms with van der Waals surface area (Å²) < 4.78 is 12.3. The standard InChI is InChI=1S/C30H62O2Si/c1-5-8-10-12-14-15-16-17-18-19-20-21-22-24-26-28-30-32-33(4,7-3)31-29-27-25-23-13-11-9-6-2/h7H,3,5-6,8-30H2,1-2,4H3. The van der Waals surface area contributed by atoms with Gasteiger partial charge in [0.25, 0.3) is 0 Å². The van der Waals surface area contributed by atoms with Crippen molar-refractivity contribution >= 4 is 8.56 Å². The molecule has 0 heterocycles. The Labute approximate surface area is 210 Å². The third-order valence-electron chi connectivity index (χ3n) is 6.89. The zero-order valence-corrected chi connectivity index (χ0v) is 24.3. The lowest BCUT2D eigenvalue weighted by molar-refractivity contribution is 0.177. The Morgan fingerprint density at radius 1 is 0.455 bits per heavy atom. The summed E-state index contributed by atoms with van der Waals surface area (Å²) in [5.41, 5.74) is 1.96. The zero-order valence-electron chi connectivity index (χ0n) is 23.3. The second-order valence-electron chi connectivity index (χ2n) is 10.3. The predicted octanol–water partition coefficient (Wildman–Crippen LogP) is 10.8. The van der Waals surface area contributed by atoms with Crippen molar-refractivity contribution in [3.05, 3.63) is 12.3 Å². The van der Waals surface area contributed by atoms with E-state index in [0.29, 0.717) is 0 Å². The molecular weight excluding hydrogens is 420 g/mol. The first-order valence-corrected chi connectivity index (χ1v) is 17.5. The summed E-state index contributed by atoms with van der Waals surface area (Å²) in [7, 11) is -2.15. The fourth-order valence-corrected chi connectivity index (χ4v) is 5.84. The molecule has 0 N–H and O–H groups in total. The molecule has 0 fully saturated rings. The van der Waals surface area contributed by atoms with Gasteiger partial charge in [-0.1, -0.05) is 149 Å². The first kappa shape index (κ1) is 32.9. The Kier molecular flexibility index (Phi) is 26.4. The minimum absolute atomic E-state index is 0.835. The van der Waals surface area contributed by atoms with E-state index < -0.39 is 8.56 Å². The van der Waals surface area contributed by atoms with E-state index in [1.165, 1.54) is 135 Å². The summed E-state index contributed by atoms with van der Waals surface area (Å²) in [6, 6.07) is 0. The Balaban J connectivity index is 3.38. The topological polar surface area (TPSA) is 18.5 Å². The summed E-state index contributed by atoms with van der Waals surface area (Å²) >= 11 is 0. The summed E-state index contributed by atoms with van der Waals surface area (Å²) in [5.74, 6) is 0. The molecule has 0 bridgehead atoms. The zero-order chi connectivity index (χ0) is 24.3. The quantitative estimate of drug-likeness (QED) is 0.0815. The van der Waals surface area contributed by atoms with Gasteiger partial charge in [-0.05, 0) is 25.1 Å². The first-order chi connectivity index (χ1) is 16.2. The van der Waals surface area contributed by atoms with Gasteiger partial charge in [0.15, 0.2) is 0 Å². The van der Waals surface area contributed by atoms with Gasteiger partial charge in [0.1, 0.15) is 0 Å². The van der Waals surface area contributed by atoms with Crippen LogP contribution < -0.4 is 0 Å². The van der Waals surface area contributed by atoms with E-state index in [4.69, 9.17) is 8.85 Å². The normalized spacial score (nSPS) is 13.3. The molecule has 0 saturated heterocycles. The second kappa shape index (κ2) is 26.5. The summed E-state index contributed by atoms with van der Waals surface area (Å²) in [6.45, 7) is 12.4. The van der Waals surface area contributed by atoms with Gasteiger partial charge < -0.3 is 8.85 Å². The van der Waals surface area contributed by atoms with Gasteiger partial charge >= 0.3 is 8.56 Å². The van der Waals surface area contributed by atoms with Crippen LogP contribution in [0, 0.1) is 0 Å². The van der Waals surface area contributed by atoms with Crippen LogP contribution >= 0.6 is 0 Å². The molecule has 1 atom stereocenters. The third kappa shape index (κ3) is 24.8. The van der Waals surface area contributed by atoms with E-state index in [2.05, 4.69) is 27.0 Å². The molecule has 0 aliphatic rings. The molecule has 0 aromatic heterocycles. The number of hydrogen-bond donors (Lipinski definition) is 0. The van der Waals surface area contributed by atoms with Gasteiger partial charge in [-0.3, -0.25) is 0 Å². The predicted molar refractivity (Wildman–Crippen MR) is 151 cm³/mol. The van der Waals surface area contributed by atoms with Crippen LogP contribution in [0.2, 0.25) is 6.55 Å². The highest BCUT2D eigenvalue weighted by Gasteiger charge is 2.26. The lowest BCUT2D eigenvalue weighted by Gasteiger charge is -2.23. The molecule has 198 valence electrons.